The summed E-state index contributed by atoms with van der Waals surface area (Å²) in [4.78, 5) is 0. The lowest BCUT2D eigenvalue weighted by atomic mass is 10.3. The molecule has 0 aliphatic heterocycles. The Hall–Kier alpha value is -1.75. The van der Waals surface area contributed by atoms with Gasteiger partial charge in [-0.05, 0) is 12.1 Å². The average molecular weight is 213 g/mol. The summed E-state index contributed by atoms with van der Waals surface area (Å²) in [6.07, 6.45) is 2.03. The molecule has 0 aliphatic carbocycles. The number of rotatable bonds is 0. The molecule has 2 rings (SSSR count). The van der Waals surface area contributed by atoms with Gasteiger partial charge in [-0.2, -0.15) is 9.46 Å². The van der Waals surface area contributed by atoms with E-state index in [9.17, 15) is 15.5 Å². The molecule has 2 aromatic rings. The van der Waals surface area contributed by atoms with E-state index in [1.165, 1.54) is 12.1 Å². The van der Waals surface area contributed by atoms with Crippen molar-refractivity contribution in [3.05, 3.63) is 40.0 Å². The Balaban J connectivity index is 3.05. The molecule has 0 saturated heterocycles. The monoisotopic (exact) mass is 212 g/mol. The molecule has 14 heavy (non-hydrogen) atoms. The number of fused-ring (bicyclic) bond motifs is 1. The van der Waals surface area contributed by atoms with Crippen LogP contribution in [0.3, 0.4) is 0 Å². The second-order valence-corrected chi connectivity index (χ2v) is 3.12. The van der Waals surface area contributed by atoms with Crippen molar-refractivity contribution in [3.8, 4) is 5.75 Å². The molecule has 1 N–H and O–H groups in total. The summed E-state index contributed by atoms with van der Waals surface area (Å²) in [5.41, 5.74) is -0.167. The minimum atomic E-state index is -0.274. The Bertz CT molecular complexity index is 426. The average Bonchev–Trinajstić information content (AvgIpc) is 2.16. The first-order chi connectivity index (χ1) is 6.61. The number of aromatic nitrogens is 2. The Morgan fingerprint density at radius 3 is 2.21 bits per heavy atom. The normalized spacial score (nSPS) is 10.6. The van der Waals surface area contributed by atoms with Gasteiger partial charge in [-0.1, -0.05) is 11.6 Å². The van der Waals surface area contributed by atoms with Gasteiger partial charge in [0.2, 0.25) is 12.4 Å². The van der Waals surface area contributed by atoms with E-state index in [4.69, 9.17) is 11.6 Å². The van der Waals surface area contributed by atoms with E-state index in [2.05, 4.69) is 0 Å². The highest BCUT2D eigenvalue weighted by molar-refractivity contribution is 6.34. The number of aromatic hydroxyl groups is 1. The van der Waals surface area contributed by atoms with Crippen molar-refractivity contribution >= 4 is 22.6 Å². The van der Waals surface area contributed by atoms with Gasteiger partial charge >= 0.3 is 11.0 Å². The molecule has 0 bridgehead atoms. The van der Waals surface area contributed by atoms with Crippen LogP contribution in [0.5, 0.6) is 5.75 Å². The van der Waals surface area contributed by atoms with Crippen molar-refractivity contribution in [3.63, 3.8) is 0 Å². The summed E-state index contributed by atoms with van der Waals surface area (Å²) >= 11 is 5.72. The highest BCUT2D eigenvalue weighted by Gasteiger charge is 2.20. The highest BCUT2D eigenvalue weighted by atomic mass is 35.5. The van der Waals surface area contributed by atoms with Gasteiger partial charge in [0.25, 0.3) is 0 Å². The van der Waals surface area contributed by atoms with E-state index in [1.54, 1.807) is 0 Å². The molecule has 1 aromatic heterocycles. The van der Waals surface area contributed by atoms with Crippen molar-refractivity contribution < 1.29 is 14.6 Å². The third-order valence-electron chi connectivity index (χ3n) is 1.86. The fourth-order valence-corrected chi connectivity index (χ4v) is 1.48. The standard InChI is InChI=1S/C8H5ClN2O3/c9-5-1-2-6(12)8-7(5)10(13)3-4-11(8)14/h1-4,12H. The molecule has 0 amide bonds. The van der Waals surface area contributed by atoms with Crippen LogP contribution >= 0.6 is 11.6 Å². The molecule has 1 aromatic carbocycles. The fourth-order valence-electron chi connectivity index (χ4n) is 1.24. The Labute approximate surface area is 83.6 Å². The molecular formula is C8H5ClN2O3. The van der Waals surface area contributed by atoms with E-state index in [-0.39, 0.29) is 21.8 Å². The SMILES string of the molecule is [O-][n+]1cc[n+]([O-])c2c(Cl)ccc(O)c21. The Kier molecular flexibility index (Phi) is 1.82. The molecule has 0 radical (unpaired) electrons. The van der Waals surface area contributed by atoms with Gasteiger partial charge in [-0.3, -0.25) is 0 Å². The van der Waals surface area contributed by atoms with E-state index in [0.717, 1.165) is 12.4 Å². The maximum absolute atomic E-state index is 11.3. The number of phenols is 1. The molecule has 0 atom stereocenters. The molecule has 0 spiro atoms. The van der Waals surface area contributed by atoms with Crippen molar-refractivity contribution in [2.45, 2.75) is 0 Å². The van der Waals surface area contributed by atoms with Gasteiger partial charge in [0.05, 0.1) is 0 Å². The summed E-state index contributed by atoms with van der Waals surface area (Å²) in [6.45, 7) is 0. The zero-order chi connectivity index (χ0) is 10.3. The van der Waals surface area contributed by atoms with Crippen LogP contribution in [-0.2, 0) is 0 Å². The van der Waals surface area contributed by atoms with Crippen LogP contribution in [-0.4, -0.2) is 5.11 Å². The summed E-state index contributed by atoms with van der Waals surface area (Å²) in [5, 5.41) is 32.0. The lowest BCUT2D eigenvalue weighted by Gasteiger charge is -2.04. The van der Waals surface area contributed by atoms with Crippen molar-refractivity contribution in [1.29, 1.82) is 0 Å². The number of halogens is 1. The molecular weight excluding hydrogens is 208 g/mol. The quantitative estimate of drug-likeness (QED) is 0.509. The Morgan fingerprint density at radius 1 is 1.07 bits per heavy atom. The van der Waals surface area contributed by atoms with Crippen LogP contribution in [0.15, 0.2) is 24.5 Å². The third-order valence-corrected chi connectivity index (χ3v) is 2.16. The molecule has 0 aliphatic rings. The number of hydrogen-bond acceptors (Lipinski definition) is 3. The zero-order valence-electron chi connectivity index (χ0n) is 6.85. The molecule has 72 valence electrons. The van der Waals surface area contributed by atoms with Crippen molar-refractivity contribution in [1.82, 2.24) is 0 Å². The molecule has 5 nitrogen and oxygen atoms in total. The van der Waals surface area contributed by atoms with Crippen LogP contribution in [0.2, 0.25) is 5.02 Å². The molecule has 0 unspecified atom stereocenters. The zero-order valence-corrected chi connectivity index (χ0v) is 7.60. The largest absolute Gasteiger partial charge is 0.618 e. The topological polar surface area (TPSA) is 74.1 Å². The van der Waals surface area contributed by atoms with Gasteiger partial charge in [-0.25, -0.2) is 0 Å². The van der Waals surface area contributed by atoms with Crippen LogP contribution in [0.25, 0.3) is 11.0 Å². The van der Waals surface area contributed by atoms with Crippen LogP contribution in [0.1, 0.15) is 0 Å². The minimum absolute atomic E-state index is 0.0378. The van der Waals surface area contributed by atoms with Gasteiger partial charge in [0.15, 0.2) is 5.75 Å². The number of hydrogen-bond donors (Lipinski definition) is 1. The van der Waals surface area contributed by atoms with E-state index in [1.807, 2.05) is 0 Å². The molecule has 6 heteroatoms. The predicted octanol–water partition coefficient (Wildman–Crippen LogP) is 0.466. The maximum atomic E-state index is 11.3. The number of nitrogens with zero attached hydrogens (tertiary/aromatic N) is 2. The smallest absolute Gasteiger partial charge is 0.333 e. The summed E-state index contributed by atoms with van der Waals surface area (Å²) in [7, 11) is 0. The first-order valence-electron chi connectivity index (χ1n) is 3.74. The first-order valence-corrected chi connectivity index (χ1v) is 4.11. The van der Waals surface area contributed by atoms with E-state index in [0.29, 0.717) is 9.46 Å². The second-order valence-electron chi connectivity index (χ2n) is 2.71. The van der Waals surface area contributed by atoms with Crippen LogP contribution < -0.4 is 9.46 Å². The minimum Gasteiger partial charge on any atom is -0.618 e. The Morgan fingerprint density at radius 2 is 1.64 bits per heavy atom. The number of benzene rings is 1. The van der Waals surface area contributed by atoms with Gasteiger partial charge in [0.1, 0.15) is 5.02 Å². The maximum Gasteiger partial charge on any atom is 0.333 e. The third kappa shape index (κ3) is 1.10. The van der Waals surface area contributed by atoms with Gasteiger partial charge < -0.3 is 15.5 Å². The van der Waals surface area contributed by atoms with Crippen molar-refractivity contribution in [2.24, 2.45) is 0 Å². The van der Waals surface area contributed by atoms with E-state index >= 15 is 0 Å². The van der Waals surface area contributed by atoms with Crippen molar-refractivity contribution in [2.75, 3.05) is 0 Å². The van der Waals surface area contributed by atoms with Crippen LogP contribution in [0.4, 0.5) is 0 Å². The highest BCUT2D eigenvalue weighted by Crippen LogP contribution is 2.24. The lowest BCUT2D eigenvalue weighted by Crippen LogP contribution is -2.37. The van der Waals surface area contributed by atoms with Gasteiger partial charge in [0, 0.05) is 0 Å². The second kappa shape index (κ2) is 2.88. The summed E-state index contributed by atoms with van der Waals surface area (Å²) < 4.78 is 0.830. The molecule has 0 saturated carbocycles. The first kappa shape index (κ1) is 8.83. The number of phenolic OH excluding ortho intramolecular Hbond substituents is 1. The summed E-state index contributed by atoms with van der Waals surface area (Å²) in [6, 6.07) is 2.62. The van der Waals surface area contributed by atoms with Gasteiger partial charge in [-0.15, -0.1) is 0 Å². The van der Waals surface area contributed by atoms with Crippen LogP contribution in [0, 0.1) is 10.4 Å². The predicted molar refractivity (Wildman–Crippen MR) is 48.5 cm³/mol. The fraction of sp³-hybridized carbons (Fsp3) is 0. The van der Waals surface area contributed by atoms with E-state index < -0.39 is 0 Å². The summed E-state index contributed by atoms with van der Waals surface area (Å²) in [5.74, 6) is -0.274. The molecule has 0 fully saturated rings. The lowest BCUT2D eigenvalue weighted by molar-refractivity contribution is -0.628. The molecule has 1 heterocycles.